The molecule has 2 N–H and O–H groups in total. The molecule has 0 aliphatic carbocycles. The number of nitrogens with two attached hydrogens (primary N) is 1. The van der Waals surface area contributed by atoms with Crippen LogP contribution in [0.4, 0.5) is 0 Å². The monoisotopic (exact) mass is 458 g/mol. The highest BCUT2D eigenvalue weighted by Crippen LogP contribution is 2.26. The van der Waals surface area contributed by atoms with Crippen LogP contribution in [0.2, 0.25) is 0 Å². The van der Waals surface area contributed by atoms with Crippen LogP contribution < -0.4 is 5.73 Å². The van der Waals surface area contributed by atoms with E-state index < -0.39 is 6.04 Å². The van der Waals surface area contributed by atoms with E-state index in [-0.39, 0.29) is 36.1 Å². The van der Waals surface area contributed by atoms with Gasteiger partial charge in [0.25, 0.3) is 0 Å². The fourth-order valence-electron chi connectivity index (χ4n) is 3.19. The molecule has 8 heteroatoms. The molecule has 3 rings (SSSR count). The van der Waals surface area contributed by atoms with Crippen molar-refractivity contribution in [2.45, 2.75) is 45.7 Å². The van der Waals surface area contributed by atoms with Crippen molar-refractivity contribution in [3.05, 3.63) is 51.5 Å². The summed E-state index contributed by atoms with van der Waals surface area (Å²) in [6.07, 6.45) is 0. The summed E-state index contributed by atoms with van der Waals surface area (Å²) in [4.78, 5) is 21.8. The lowest BCUT2D eigenvalue weighted by Crippen LogP contribution is -2.50. The van der Waals surface area contributed by atoms with Crippen molar-refractivity contribution in [1.29, 1.82) is 0 Å². The molecule has 1 aliphatic rings. The lowest BCUT2D eigenvalue weighted by molar-refractivity contribution is -0.134. The third-order valence-corrected chi connectivity index (χ3v) is 6.28. The highest BCUT2D eigenvalue weighted by molar-refractivity contribution is 7.09. The number of nitrogens with zero attached hydrogens (tertiary/aromatic N) is 3. The van der Waals surface area contributed by atoms with Gasteiger partial charge in [-0.1, -0.05) is 50.6 Å². The molecule has 0 bridgehead atoms. The molecule has 1 amide bonds. The zero-order chi connectivity index (χ0) is 19.6. The zero-order valence-corrected chi connectivity index (χ0v) is 20.0. The molecule has 162 valence electrons. The lowest BCUT2D eigenvalue weighted by Gasteiger charge is -2.35. The Bertz CT molecular complexity index is 781. The van der Waals surface area contributed by atoms with Crippen LogP contribution in [0.1, 0.15) is 48.6 Å². The molecule has 2 aromatic rings. The van der Waals surface area contributed by atoms with Crippen LogP contribution in [0.15, 0.2) is 29.6 Å². The number of thiazole rings is 1. The van der Waals surface area contributed by atoms with Crippen LogP contribution in [0.5, 0.6) is 0 Å². The summed E-state index contributed by atoms with van der Waals surface area (Å²) in [5.74, 6) is 0.0159. The lowest BCUT2D eigenvalue weighted by atomic mass is 9.98. The average Bonchev–Trinajstić information content (AvgIpc) is 3.11. The predicted molar refractivity (Wildman–Crippen MR) is 125 cm³/mol. The minimum Gasteiger partial charge on any atom is -0.338 e. The topological polar surface area (TPSA) is 62.5 Å². The van der Waals surface area contributed by atoms with E-state index in [4.69, 9.17) is 10.7 Å². The first-order valence-corrected chi connectivity index (χ1v) is 10.4. The quantitative estimate of drug-likeness (QED) is 0.753. The third-order valence-electron chi connectivity index (χ3n) is 4.97. The highest BCUT2D eigenvalue weighted by atomic mass is 35.5. The van der Waals surface area contributed by atoms with Crippen molar-refractivity contribution in [3.8, 4) is 0 Å². The molecule has 1 atom stereocenters. The second-order valence-electron chi connectivity index (χ2n) is 8.38. The van der Waals surface area contributed by atoms with Gasteiger partial charge in [-0.3, -0.25) is 9.69 Å². The van der Waals surface area contributed by atoms with Gasteiger partial charge in [-0.25, -0.2) is 4.98 Å². The van der Waals surface area contributed by atoms with Crippen molar-refractivity contribution >= 4 is 42.1 Å². The minimum absolute atomic E-state index is 0. The van der Waals surface area contributed by atoms with Gasteiger partial charge >= 0.3 is 0 Å². The standard InChI is InChI=1S/C21H30N4OS.2ClH/c1-15-5-7-16(8-6-15)18(22)19(26)25-11-9-24(10-12-25)13-17-14-27-20(23-17)21(2,3)4;;/h5-8,14,18H,9-13,22H2,1-4H3;2*1H. The van der Waals surface area contributed by atoms with Gasteiger partial charge in [-0.2, -0.15) is 0 Å². The Morgan fingerprint density at radius 2 is 1.72 bits per heavy atom. The van der Waals surface area contributed by atoms with E-state index in [1.54, 1.807) is 11.3 Å². The van der Waals surface area contributed by atoms with E-state index in [1.807, 2.05) is 36.1 Å². The molecule has 2 heterocycles. The second-order valence-corrected chi connectivity index (χ2v) is 9.24. The van der Waals surface area contributed by atoms with E-state index in [0.717, 1.165) is 30.9 Å². The van der Waals surface area contributed by atoms with Crippen LogP contribution >= 0.6 is 36.2 Å². The molecule has 29 heavy (non-hydrogen) atoms. The van der Waals surface area contributed by atoms with Gasteiger partial charge < -0.3 is 10.6 Å². The molecule has 1 unspecified atom stereocenters. The maximum atomic E-state index is 12.7. The number of carbonyl (C=O) groups excluding carboxylic acids is 1. The number of piperazine rings is 1. The molecule has 1 fully saturated rings. The Labute approximate surface area is 190 Å². The van der Waals surface area contributed by atoms with Gasteiger partial charge in [0, 0.05) is 43.5 Å². The first kappa shape index (κ1) is 25.9. The molecule has 0 radical (unpaired) electrons. The summed E-state index contributed by atoms with van der Waals surface area (Å²) in [6.45, 7) is 12.6. The molecule has 0 spiro atoms. The number of halogens is 2. The van der Waals surface area contributed by atoms with E-state index in [1.165, 1.54) is 10.6 Å². The molecule has 5 nitrogen and oxygen atoms in total. The predicted octanol–water partition coefficient (Wildman–Crippen LogP) is 3.94. The normalized spacial score (nSPS) is 16.0. The van der Waals surface area contributed by atoms with Crippen molar-refractivity contribution in [2.24, 2.45) is 5.73 Å². The summed E-state index contributed by atoms with van der Waals surface area (Å²) in [6, 6.07) is 7.32. The molecular weight excluding hydrogens is 427 g/mol. The van der Waals surface area contributed by atoms with Crippen molar-refractivity contribution in [3.63, 3.8) is 0 Å². The minimum atomic E-state index is -0.579. The summed E-state index contributed by atoms with van der Waals surface area (Å²) in [5, 5.41) is 3.33. The first-order valence-electron chi connectivity index (χ1n) is 9.52. The number of hydrogen-bond donors (Lipinski definition) is 1. The Hall–Kier alpha value is -1.18. The largest absolute Gasteiger partial charge is 0.338 e. The Balaban J connectivity index is 0.00000210. The summed E-state index contributed by atoms with van der Waals surface area (Å²) >= 11 is 1.73. The van der Waals surface area contributed by atoms with Crippen LogP contribution in [-0.2, 0) is 16.8 Å². The van der Waals surface area contributed by atoms with E-state index >= 15 is 0 Å². The molecular formula is C21H32Cl2N4OS. The van der Waals surface area contributed by atoms with Crippen molar-refractivity contribution in [2.75, 3.05) is 26.2 Å². The van der Waals surface area contributed by atoms with E-state index in [2.05, 4.69) is 31.1 Å². The number of aryl methyl sites for hydroxylation is 1. The number of amides is 1. The average molecular weight is 459 g/mol. The summed E-state index contributed by atoms with van der Waals surface area (Å²) in [5.41, 5.74) is 9.48. The number of carbonyl (C=O) groups is 1. The van der Waals surface area contributed by atoms with E-state index in [0.29, 0.717) is 13.1 Å². The van der Waals surface area contributed by atoms with Crippen LogP contribution in [-0.4, -0.2) is 46.9 Å². The maximum absolute atomic E-state index is 12.7. The number of aromatic nitrogens is 1. The van der Waals surface area contributed by atoms with Crippen molar-refractivity contribution < 1.29 is 4.79 Å². The van der Waals surface area contributed by atoms with Gasteiger partial charge in [-0.05, 0) is 12.5 Å². The van der Waals surface area contributed by atoms with Crippen LogP contribution in [0.3, 0.4) is 0 Å². The molecule has 0 saturated carbocycles. The van der Waals surface area contributed by atoms with Gasteiger partial charge in [0.1, 0.15) is 6.04 Å². The third kappa shape index (κ3) is 6.66. The van der Waals surface area contributed by atoms with E-state index in [9.17, 15) is 4.79 Å². The first-order chi connectivity index (χ1) is 12.7. The molecule has 1 aromatic heterocycles. The Morgan fingerprint density at radius 1 is 1.14 bits per heavy atom. The molecule has 1 aliphatic heterocycles. The van der Waals surface area contributed by atoms with Gasteiger partial charge in [0.05, 0.1) is 10.7 Å². The number of rotatable bonds is 4. The molecule has 1 saturated heterocycles. The second kappa shape index (κ2) is 10.7. The number of hydrogen-bond acceptors (Lipinski definition) is 5. The van der Waals surface area contributed by atoms with Crippen LogP contribution in [0, 0.1) is 6.92 Å². The Kier molecular flexibility index (Phi) is 9.57. The zero-order valence-electron chi connectivity index (χ0n) is 17.6. The maximum Gasteiger partial charge on any atom is 0.244 e. The Morgan fingerprint density at radius 3 is 2.24 bits per heavy atom. The van der Waals surface area contributed by atoms with Gasteiger partial charge in [-0.15, -0.1) is 36.2 Å². The fourth-order valence-corrected chi connectivity index (χ4v) is 4.09. The summed E-state index contributed by atoms with van der Waals surface area (Å²) in [7, 11) is 0. The molecule has 1 aromatic carbocycles. The van der Waals surface area contributed by atoms with Crippen LogP contribution in [0.25, 0.3) is 0 Å². The SMILES string of the molecule is Cc1ccc(C(N)C(=O)N2CCN(Cc3csc(C(C)(C)C)n3)CC2)cc1.Cl.Cl. The summed E-state index contributed by atoms with van der Waals surface area (Å²) < 4.78 is 0. The fraction of sp³-hybridized carbons (Fsp3) is 0.524. The van der Waals surface area contributed by atoms with Crippen molar-refractivity contribution in [1.82, 2.24) is 14.8 Å². The highest BCUT2D eigenvalue weighted by Gasteiger charge is 2.27. The van der Waals surface area contributed by atoms with Gasteiger partial charge in [0.2, 0.25) is 5.91 Å². The smallest absolute Gasteiger partial charge is 0.244 e. The number of benzene rings is 1. The van der Waals surface area contributed by atoms with Gasteiger partial charge in [0.15, 0.2) is 0 Å².